The van der Waals surface area contributed by atoms with Gasteiger partial charge in [0.05, 0.1) is 25.4 Å². The van der Waals surface area contributed by atoms with Crippen molar-refractivity contribution in [1.29, 1.82) is 0 Å². The Labute approximate surface area is 275 Å². The fraction of sp³-hybridized carbons (Fsp3) is 0.389. The zero-order valence-electron chi connectivity index (χ0n) is 26.5. The summed E-state index contributed by atoms with van der Waals surface area (Å²) in [4.78, 5) is 55.7. The molecule has 2 atom stereocenters. The van der Waals surface area contributed by atoms with E-state index in [0.29, 0.717) is 25.1 Å². The van der Waals surface area contributed by atoms with Crippen LogP contribution in [-0.4, -0.2) is 80.1 Å². The van der Waals surface area contributed by atoms with E-state index in [9.17, 15) is 19.2 Å². The topological polar surface area (TPSA) is 138 Å². The van der Waals surface area contributed by atoms with Gasteiger partial charge >= 0.3 is 0 Å². The molecule has 0 spiro atoms. The van der Waals surface area contributed by atoms with Crippen LogP contribution in [0.15, 0.2) is 78.9 Å². The molecule has 3 aromatic carbocycles. The molecule has 1 fully saturated rings. The lowest BCUT2D eigenvalue weighted by molar-refractivity contribution is -0.129. The third kappa shape index (κ3) is 10.4. The number of hydrogen-bond acceptors (Lipinski definition) is 7. The van der Waals surface area contributed by atoms with E-state index in [2.05, 4.69) is 38.3 Å². The molecule has 0 unspecified atom stereocenters. The Morgan fingerprint density at radius 2 is 1.60 bits per heavy atom. The molecular formula is C36H43N5O6. The maximum atomic E-state index is 13.6. The zero-order valence-corrected chi connectivity index (χ0v) is 26.5. The van der Waals surface area contributed by atoms with Crippen molar-refractivity contribution < 1.29 is 28.7 Å². The molecular weight excluding hydrogens is 598 g/mol. The van der Waals surface area contributed by atoms with Crippen LogP contribution in [0, 0.1) is 0 Å². The molecule has 2 aliphatic heterocycles. The van der Waals surface area contributed by atoms with E-state index in [1.54, 1.807) is 24.3 Å². The first kappa shape index (κ1) is 33.6. The molecule has 0 radical (unpaired) electrons. The normalized spacial score (nSPS) is 20.1. The van der Waals surface area contributed by atoms with Gasteiger partial charge in [-0.05, 0) is 41.7 Å². The van der Waals surface area contributed by atoms with Crippen LogP contribution in [0.1, 0.15) is 46.3 Å². The molecule has 2 heterocycles. The van der Waals surface area contributed by atoms with Gasteiger partial charge in [0.15, 0.2) is 0 Å². The summed E-state index contributed by atoms with van der Waals surface area (Å²) in [5.41, 5.74) is 3.25. The van der Waals surface area contributed by atoms with Gasteiger partial charge in [-0.3, -0.25) is 24.1 Å². The zero-order chi connectivity index (χ0) is 32.8. The molecule has 0 aromatic heterocycles. The summed E-state index contributed by atoms with van der Waals surface area (Å²) in [5.74, 6) is -1.20. The van der Waals surface area contributed by atoms with E-state index >= 15 is 0 Å². The van der Waals surface area contributed by atoms with Crippen LogP contribution in [-0.2, 0) is 38.6 Å². The quantitative estimate of drug-likeness (QED) is 0.311. The molecule has 4 N–H and O–H groups in total. The number of carbonyl (C=O) groups is 4. The molecule has 0 saturated carbocycles. The third-order valence-corrected chi connectivity index (χ3v) is 8.19. The second-order valence-corrected chi connectivity index (χ2v) is 11.8. The molecule has 5 rings (SSSR count). The lowest BCUT2D eigenvalue weighted by atomic mass is 10.0. The smallest absolute Gasteiger partial charge is 0.255 e. The predicted molar refractivity (Wildman–Crippen MR) is 177 cm³/mol. The van der Waals surface area contributed by atoms with Crippen molar-refractivity contribution in [2.45, 2.75) is 50.9 Å². The Bertz CT molecular complexity index is 1510. The van der Waals surface area contributed by atoms with Crippen molar-refractivity contribution in [2.24, 2.45) is 0 Å². The number of morpholine rings is 1. The van der Waals surface area contributed by atoms with Crippen LogP contribution < -0.4 is 26.0 Å². The largest absolute Gasteiger partial charge is 0.493 e. The molecule has 0 bridgehead atoms. The fourth-order valence-electron chi connectivity index (χ4n) is 5.64. The first-order valence-corrected chi connectivity index (χ1v) is 16.2. The SMILES string of the molecule is O=C1CC[C@@H](C(=O)NCc2cccc(CN3CCOCC3)c2)NC(=O)c2ccccc2OCCCNC(=O)[C@H](Cc2ccccc2)N1. The van der Waals surface area contributed by atoms with Crippen LogP contribution in [0.2, 0.25) is 0 Å². The molecule has 47 heavy (non-hydrogen) atoms. The highest BCUT2D eigenvalue weighted by Gasteiger charge is 2.26. The number of para-hydroxylation sites is 1. The minimum atomic E-state index is -1.01. The first-order valence-electron chi connectivity index (χ1n) is 16.2. The van der Waals surface area contributed by atoms with Crippen molar-refractivity contribution in [3.8, 4) is 5.75 Å². The number of amides is 4. The highest BCUT2D eigenvalue weighted by atomic mass is 16.5. The van der Waals surface area contributed by atoms with E-state index in [0.717, 1.165) is 49.5 Å². The van der Waals surface area contributed by atoms with E-state index in [1.807, 2.05) is 42.5 Å². The standard InChI is InChI=1S/C36H43N5O6/c42-33-15-14-30(35(44)38-24-27-10-6-11-28(22-27)25-41-17-20-46-21-18-41)40-34(43)29-12-4-5-13-32(29)47-19-7-16-37-36(45)31(39-33)23-26-8-2-1-3-9-26/h1-6,8-13,22,30-31H,7,14-21,23-25H2,(H,37,45)(H,38,44)(H,39,42)(H,40,43)/t30-,31-/m0/s1. The van der Waals surface area contributed by atoms with Crippen LogP contribution in [0.3, 0.4) is 0 Å². The summed E-state index contributed by atoms with van der Waals surface area (Å²) in [6.45, 7) is 4.85. The monoisotopic (exact) mass is 641 g/mol. The van der Waals surface area contributed by atoms with Gasteiger partial charge < -0.3 is 30.7 Å². The van der Waals surface area contributed by atoms with Crippen molar-refractivity contribution >= 4 is 23.6 Å². The van der Waals surface area contributed by atoms with Gasteiger partial charge in [0.25, 0.3) is 5.91 Å². The van der Waals surface area contributed by atoms with Crippen LogP contribution in [0.25, 0.3) is 0 Å². The van der Waals surface area contributed by atoms with Crippen LogP contribution in [0.4, 0.5) is 0 Å². The summed E-state index contributed by atoms with van der Waals surface area (Å²) in [6.07, 6.45) is 0.757. The maximum absolute atomic E-state index is 13.6. The van der Waals surface area contributed by atoms with Crippen LogP contribution in [0.5, 0.6) is 5.75 Å². The number of fused-ring (bicyclic) bond motifs is 1. The maximum Gasteiger partial charge on any atom is 0.255 e. The Morgan fingerprint density at radius 3 is 2.43 bits per heavy atom. The Balaban J connectivity index is 1.29. The molecule has 11 nitrogen and oxygen atoms in total. The van der Waals surface area contributed by atoms with Crippen molar-refractivity contribution in [2.75, 3.05) is 39.5 Å². The average molecular weight is 642 g/mol. The third-order valence-electron chi connectivity index (χ3n) is 8.19. The van der Waals surface area contributed by atoms with Gasteiger partial charge in [0.2, 0.25) is 17.7 Å². The van der Waals surface area contributed by atoms with E-state index in [-0.39, 0.29) is 43.4 Å². The summed E-state index contributed by atoms with van der Waals surface area (Å²) >= 11 is 0. The molecule has 11 heteroatoms. The van der Waals surface area contributed by atoms with Gasteiger partial charge in [-0.15, -0.1) is 0 Å². The summed E-state index contributed by atoms with van der Waals surface area (Å²) in [6, 6.07) is 22.5. The Kier molecular flexibility index (Phi) is 12.3. The number of nitrogens with zero attached hydrogens (tertiary/aromatic N) is 1. The number of benzene rings is 3. The number of ether oxygens (including phenoxy) is 2. The van der Waals surface area contributed by atoms with Crippen molar-refractivity contribution in [3.63, 3.8) is 0 Å². The Hall–Kier alpha value is -4.74. The van der Waals surface area contributed by atoms with Crippen LogP contribution >= 0.6 is 0 Å². The number of carbonyl (C=O) groups excluding carboxylic acids is 4. The summed E-state index contributed by atoms with van der Waals surface area (Å²) in [7, 11) is 0. The fourth-order valence-corrected chi connectivity index (χ4v) is 5.64. The van der Waals surface area contributed by atoms with E-state index in [1.165, 1.54) is 0 Å². The van der Waals surface area contributed by atoms with Gasteiger partial charge in [-0.25, -0.2) is 0 Å². The molecule has 3 aromatic rings. The van der Waals surface area contributed by atoms with E-state index < -0.39 is 23.9 Å². The molecule has 2 aliphatic rings. The number of nitrogens with one attached hydrogen (secondary N) is 4. The summed E-state index contributed by atoms with van der Waals surface area (Å²) in [5, 5.41) is 11.5. The number of rotatable bonds is 7. The van der Waals surface area contributed by atoms with Gasteiger partial charge in [0, 0.05) is 45.6 Å². The second-order valence-electron chi connectivity index (χ2n) is 11.8. The lowest BCUT2D eigenvalue weighted by Gasteiger charge is -2.26. The van der Waals surface area contributed by atoms with Crippen molar-refractivity contribution in [1.82, 2.24) is 26.2 Å². The highest BCUT2D eigenvalue weighted by Crippen LogP contribution is 2.19. The minimum Gasteiger partial charge on any atom is -0.493 e. The van der Waals surface area contributed by atoms with Gasteiger partial charge in [-0.2, -0.15) is 0 Å². The van der Waals surface area contributed by atoms with Gasteiger partial charge in [-0.1, -0.05) is 66.7 Å². The first-order chi connectivity index (χ1) is 22.9. The molecule has 4 amide bonds. The number of hydrogen-bond donors (Lipinski definition) is 4. The highest BCUT2D eigenvalue weighted by molar-refractivity contribution is 5.99. The summed E-state index contributed by atoms with van der Waals surface area (Å²) < 4.78 is 11.4. The predicted octanol–water partition coefficient (Wildman–Crippen LogP) is 2.34. The molecule has 1 saturated heterocycles. The van der Waals surface area contributed by atoms with Gasteiger partial charge in [0.1, 0.15) is 17.8 Å². The Morgan fingerprint density at radius 1 is 0.851 bits per heavy atom. The lowest BCUT2D eigenvalue weighted by Crippen LogP contribution is -2.50. The molecule has 0 aliphatic carbocycles. The average Bonchev–Trinajstić information content (AvgIpc) is 3.09. The van der Waals surface area contributed by atoms with E-state index in [4.69, 9.17) is 9.47 Å². The second kappa shape index (κ2) is 17.3. The minimum absolute atomic E-state index is 0.0309. The molecule has 248 valence electrons. The van der Waals surface area contributed by atoms with Crippen molar-refractivity contribution in [3.05, 3.63) is 101 Å².